The van der Waals surface area contributed by atoms with Crippen molar-refractivity contribution in [1.29, 1.82) is 0 Å². The minimum absolute atomic E-state index is 0.0175. The Labute approximate surface area is 419 Å². The summed E-state index contributed by atoms with van der Waals surface area (Å²) >= 11 is 0. The maximum Gasteiger partial charge on any atom is 0.306 e. The van der Waals surface area contributed by atoms with Gasteiger partial charge in [-0.1, -0.05) is 102 Å². The maximum absolute atomic E-state index is 14.0. The number of rotatable bonds is 30. The molecule has 15 heteroatoms. The van der Waals surface area contributed by atoms with Gasteiger partial charge in [-0.25, -0.2) is 5.84 Å². The summed E-state index contributed by atoms with van der Waals surface area (Å²) in [6.07, 6.45) is 17.6. The summed E-state index contributed by atoms with van der Waals surface area (Å²) in [6.45, 7) is 15.6. The molecule has 1 fully saturated rings. The second kappa shape index (κ2) is 36.1. The van der Waals surface area contributed by atoms with Crippen molar-refractivity contribution in [3.8, 4) is 0 Å². The van der Waals surface area contributed by atoms with E-state index in [9.17, 15) is 28.8 Å². The number of nitrogens with zero attached hydrogens (tertiary/aromatic N) is 2. The Morgan fingerprint density at radius 1 is 0.800 bits per heavy atom. The number of amides is 5. The largest absolute Gasteiger partial charge is 0.466 e. The Morgan fingerprint density at radius 2 is 1.46 bits per heavy atom. The van der Waals surface area contributed by atoms with Gasteiger partial charge in [0, 0.05) is 55.9 Å². The first-order valence-corrected chi connectivity index (χ1v) is 26.0. The molecule has 1 aliphatic heterocycles. The smallest absolute Gasteiger partial charge is 0.306 e. The van der Waals surface area contributed by atoms with Crippen LogP contribution in [0.15, 0.2) is 73.5 Å². The lowest BCUT2D eigenvalue weighted by Gasteiger charge is -2.33. The molecule has 0 bridgehead atoms. The third-order valence-electron chi connectivity index (χ3n) is 11.7. The number of hydrogen-bond acceptors (Lipinski definition) is 10. The minimum Gasteiger partial charge on any atom is -0.466 e. The minimum atomic E-state index is -0.683. The molecule has 4 rings (SSSR count). The van der Waals surface area contributed by atoms with Gasteiger partial charge in [0.15, 0.2) is 0 Å². The molecule has 1 aliphatic carbocycles. The molecule has 0 saturated heterocycles. The highest BCUT2D eigenvalue weighted by molar-refractivity contribution is 6.01. The van der Waals surface area contributed by atoms with Gasteiger partial charge in [0.25, 0.3) is 0 Å². The summed E-state index contributed by atoms with van der Waals surface area (Å²) < 4.78 is 5.23. The fourth-order valence-electron chi connectivity index (χ4n) is 7.56. The first-order valence-electron chi connectivity index (χ1n) is 26.0. The number of nitrogens with two attached hydrogens (primary N) is 2. The van der Waals surface area contributed by atoms with E-state index >= 15 is 0 Å². The molecule has 70 heavy (non-hydrogen) atoms. The molecule has 1 atom stereocenters. The molecule has 0 spiro atoms. The number of carbonyl (C=O) groups excluding carboxylic acids is 6. The predicted molar refractivity (Wildman–Crippen MR) is 282 cm³/mol. The van der Waals surface area contributed by atoms with Crippen LogP contribution < -0.4 is 37.7 Å². The van der Waals surface area contributed by atoms with Gasteiger partial charge in [-0.3, -0.25) is 28.8 Å². The van der Waals surface area contributed by atoms with Crippen LogP contribution in [0.2, 0.25) is 0 Å². The van der Waals surface area contributed by atoms with Gasteiger partial charge in [0.1, 0.15) is 6.04 Å². The third kappa shape index (κ3) is 23.1. The van der Waals surface area contributed by atoms with Crippen molar-refractivity contribution in [2.75, 3.05) is 31.1 Å². The summed E-state index contributed by atoms with van der Waals surface area (Å²) in [4.78, 5) is 77.9. The highest BCUT2D eigenvalue weighted by Crippen LogP contribution is 2.37. The highest BCUT2D eigenvalue weighted by atomic mass is 16.5. The number of para-hydroxylation sites is 1. The Kier molecular flexibility index (Phi) is 31.0. The van der Waals surface area contributed by atoms with E-state index in [1.807, 2.05) is 68.5 Å². The van der Waals surface area contributed by atoms with Crippen molar-refractivity contribution in [1.82, 2.24) is 26.3 Å². The molecule has 8 N–H and O–H groups in total. The number of anilines is 1. The van der Waals surface area contributed by atoms with Crippen LogP contribution in [0.1, 0.15) is 173 Å². The van der Waals surface area contributed by atoms with Crippen molar-refractivity contribution < 1.29 is 33.5 Å². The van der Waals surface area contributed by atoms with E-state index in [0.717, 1.165) is 74.5 Å². The number of nitrogens with one attached hydrogen (secondary N) is 4. The number of allylic oxidation sites excluding steroid dienone is 2. The molecule has 0 aromatic heterocycles. The predicted octanol–water partition coefficient (Wildman–Crippen LogP) is 8.68. The first-order chi connectivity index (χ1) is 33.9. The number of benzene rings is 2. The van der Waals surface area contributed by atoms with Crippen LogP contribution in [0, 0.1) is 5.92 Å². The van der Waals surface area contributed by atoms with E-state index in [4.69, 9.17) is 16.3 Å². The van der Waals surface area contributed by atoms with Crippen molar-refractivity contribution in [3.05, 3.63) is 90.2 Å². The Balaban J connectivity index is 0.00000266. The van der Waals surface area contributed by atoms with Crippen molar-refractivity contribution >= 4 is 52.6 Å². The van der Waals surface area contributed by atoms with Gasteiger partial charge in [0.05, 0.1) is 36.7 Å². The van der Waals surface area contributed by atoms with E-state index in [1.54, 1.807) is 22.9 Å². The zero-order chi connectivity index (χ0) is 51.5. The van der Waals surface area contributed by atoms with E-state index in [-0.39, 0.29) is 61.3 Å². The lowest BCUT2D eigenvalue weighted by Crippen LogP contribution is -2.47. The summed E-state index contributed by atoms with van der Waals surface area (Å²) in [6, 6.07) is 14.7. The van der Waals surface area contributed by atoms with Gasteiger partial charge in [0.2, 0.25) is 29.5 Å². The normalized spacial score (nSPS) is 14.1. The summed E-state index contributed by atoms with van der Waals surface area (Å²) in [5.41, 5.74) is 11.2. The molecule has 2 aromatic carbocycles. The fourth-order valence-corrected chi connectivity index (χ4v) is 7.56. The molecular weight excluding hydrogens is 885 g/mol. The van der Waals surface area contributed by atoms with Gasteiger partial charge in [-0.15, -0.1) is 6.58 Å². The van der Waals surface area contributed by atoms with Crippen molar-refractivity contribution in [2.24, 2.45) is 17.5 Å². The Hall–Kier alpha value is -5.96. The lowest BCUT2D eigenvalue weighted by molar-refractivity contribution is -0.145. The zero-order valence-electron chi connectivity index (χ0n) is 43.1. The van der Waals surface area contributed by atoms with Crippen LogP contribution in [0.4, 0.5) is 5.69 Å². The summed E-state index contributed by atoms with van der Waals surface area (Å²) in [7, 11) is 0. The topological polar surface area (TPSA) is 218 Å². The van der Waals surface area contributed by atoms with Gasteiger partial charge in [-0.05, 0) is 102 Å². The monoisotopic (exact) mass is 971 g/mol. The standard InChI is InChI=1S/C49H72N8O7.C4H8.C2H6/c1-3-5-15-31-53-42(58)24-12-13-25-44(60)56-35-37-19-8-9-20-38(37)46(50)47(39-21-10-11-23-41(39)56)57(51)33-17-14-22-40(55-48(62)36-26-27-36)49(63)54-32-16-6-7-18-34-64-45(61)29-28-43(59)52-30-4-2;1-3-4-2;1-2/h4,8-11,19-21,23,30,36,40H,3,5-7,12-18,22,24-29,31-35,50-51H2,1-2H3,(H,52,59)(H,53,58)(H,54,63)(H,55,62);3H,1,4H2,2H3;1-2H3/b30-4+,47-46-;;. The van der Waals surface area contributed by atoms with Crippen LogP contribution in [0.3, 0.4) is 0 Å². The van der Waals surface area contributed by atoms with Crippen LogP contribution in [0.25, 0.3) is 11.4 Å². The number of unbranched alkanes of at least 4 members (excludes halogenated alkanes) is 7. The second-order valence-electron chi connectivity index (χ2n) is 17.4. The molecular formula is C55H86N8O7. The van der Waals surface area contributed by atoms with Crippen LogP contribution in [-0.2, 0) is 40.0 Å². The summed E-state index contributed by atoms with van der Waals surface area (Å²) in [5.74, 6) is 5.84. The number of esters is 1. The number of ether oxygens (including phenoxy) is 1. The van der Waals surface area contributed by atoms with E-state index < -0.39 is 12.0 Å². The highest BCUT2D eigenvalue weighted by Gasteiger charge is 2.33. The molecule has 2 aliphatic rings. The van der Waals surface area contributed by atoms with Crippen LogP contribution >= 0.6 is 0 Å². The second-order valence-corrected chi connectivity index (χ2v) is 17.4. The SMILES string of the molecule is C/C=C/NC(=O)CCC(=O)OCCCCCCNC(=O)C(CCCCN(N)/C1=C(\N)c2ccccc2CN(C(=O)CCCCC(=O)NCCCCC)c2ccccc21)NC(=O)C1CC1.C=CCC.CC. The third-order valence-corrected chi connectivity index (χ3v) is 11.7. The van der Waals surface area contributed by atoms with E-state index in [2.05, 4.69) is 41.7 Å². The number of hydrogen-bond donors (Lipinski definition) is 6. The van der Waals surface area contributed by atoms with Gasteiger partial charge < -0.3 is 41.6 Å². The van der Waals surface area contributed by atoms with Gasteiger partial charge >= 0.3 is 5.97 Å². The van der Waals surface area contributed by atoms with Crippen molar-refractivity contribution in [2.45, 2.75) is 169 Å². The summed E-state index contributed by atoms with van der Waals surface area (Å²) in [5, 5.41) is 13.1. The van der Waals surface area contributed by atoms with E-state index in [0.29, 0.717) is 88.2 Å². The molecule has 1 saturated carbocycles. The average Bonchev–Trinajstić information content (AvgIpc) is 4.23. The fraction of sp³-hybridized carbons (Fsp3) is 0.564. The van der Waals surface area contributed by atoms with Crippen LogP contribution in [0.5, 0.6) is 0 Å². The number of fused-ring (bicyclic) bond motifs is 2. The van der Waals surface area contributed by atoms with Gasteiger partial charge in [-0.2, -0.15) is 0 Å². The maximum atomic E-state index is 14.0. The zero-order valence-corrected chi connectivity index (χ0v) is 43.1. The lowest BCUT2D eigenvalue weighted by atomic mass is 9.95. The quantitative estimate of drug-likeness (QED) is 0.0144. The molecule has 1 heterocycles. The number of carbonyl (C=O) groups is 6. The average molecular weight is 971 g/mol. The number of hydrazine groups is 1. The van der Waals surface area contributed by atoms with Crippen molar-refractivity contribution in [3.63, 3.8) is 0 Å². The molecule has 15 nitrogen and oxygen atoms in total. The Bertz CT molecular complexity index is 1980. The van der Waals surface area contributed by atoms with E-state index in [1.165, 1.54) is 6.20 Å². The molecule has 0 radical (unpaired) electrons. The van der Waals surface area contributed by atoms with Crippen LogP contribution in [-0.4, -0.2) is 72.8 Å². The Morgan fingerprint density at radius 3 is 2.16 bits per heavy atom. The molecule has 2 aromatic rings. The first kappa shape index (κ1) is 60.2. The molecule has 1 unspecified atom stereocenters. The molecule has 5 amide bonds. The molecule has 388 valence electrons.